The maximum absolute atomic E-state index is 11.9. The first kappa shape index (κ1) is 13.5. The van der Waals surface area contributed by atoms with Crippen molar-refractivity contribution in [3.63, 3.8) is 0 Å². The molecular weight excluding hydrogens is 258 g/mol. The number of rotatable bonds is 5. The van der Waals surface area contributed by atoms with Crippen LogP contribution in [0.1, 0.15) is 10.4 Å². The molecule has 2 rings (SSSR count). The molecule has 0 saturated carbocycles. The summed E-state index contributed by atoms with van der Waals surface area (Å²) in [6, 6.07) is 16.7. The molecule has 2 aromatic rings. The van der Waals surface area contributed by atoms with E-state index in [-0.39, 0.29) is 5.91 Å². The zero-order valence-electron chi connectivity index (χ0n) is 10.4. The van der Waals surface area contributed by atoms with Crippen LogP contribution in [0.3, 0.4) is 0 Å². The molecule has 0 aromatic heterocycles. The van der Waals surface area contributed by atoms with E-state index in [1.54, 1.807) is 12.1 Å². The van der Waals surface area contributed by atoms with Crippen molar-refractivity contribution >= 4 is 18.5 Å². The Morgan fingerprint density at radius 1 is 1.05 bits per heavy atom. The second-order valence-corrected chi connectivity index (χ2v) is 4.42. The highest BCUT2D eigenvalue weighted by atomic mass is 32.1. The van der Waals surface area contributed by atoms with Gasteiger partial charge in [0.2, 0.25) is 0 Å². The number of carbonyl (C=O) groups excluding carboxylic acids is 1. The summed E-state index contributed by atoms with van der Waals surface area (Å²) < 4.78 is 5.49. The Morgan fingerprint density at radius 2 is 1.74 bits per heavy atom. The maximum atomic E-state index is 11.9. The minimum absolute atomic E-state index is 0.137. The van der Waals surface area contributed by atoms with Crippen LogP contribution in [0.5, 0.6) is 5.75 Å². The van der Waals surface area contributed by atoms with Crippen LogP contribution in [0.2, 0.25) is 0 Å². The fourth-order valence-electron chi connectivity index (χ4n) is 1.61. The summed E-state index contributed by atoms with van der Waals surface area (Å²) in [5, 5.41) is 2.80. The van der Waals surface area contributed by atoms with Crippen molar-refractivity contribution in [3.05, 3.63) is 60.2 Å². The van der Waals surface area contributed by atoms with Crippen LogP contribution in [0.4, 0.5) is 0 Å². The third-order valence-corrected chi connectivity index (χ3v) is 2.94. The molecular formula is C15H15NO2S. The maximum Gasteiger partial charge on any atom is 0.252 e. The van der Waals surface area contributed by atoms with Gasteiger partial charge in [-0.3, -0.25) is 4.79 Å². The van der Waals surface area contributed by atoms with Crippen LogP contribution in [0.25, 0.3) is 0 Å². The highest BCUT2D eigenvalue weighted by Crippen LogP contribution is 2.12. The summed E-state index contributed by atoms with van der Waals surface area (Å²) in [4.78, 5) is 12.5. The van der Waals surface area contributed by atoms with Crippen molar-refractivity contribution in [3.8, 4) is 5.75 Å². The van der Waals surface area contributed by atoms with Gasteiger partial charge in [-0.15, -0.1) is 12.6 Å². The van der Waals surface area contributed by atoms with Crippen LogP contribution >= 0.6 is 12.6 Å². The van der Waals surface area contributed by atoms with Gasteiger partial charge in [-0.2, -0.15) is 0 Å². The third-order valence-electron chi connectivity index (χ3n) is 2.55. The van der Waals surface area contributed by atoms with E-state index in [1.165, 1.54) is 0 Å². The molecule has 0 bridgehead atoms. The van der Waals surface area contributed by atoms with E-state index in [9.17, 15) is 4.79 Å². The number of amides is 1. The molecule has 1 N–H and O–H groups in total. The molecule has 0 aliphatic heterocycles. The lowest BCUT2D eigenvalue weighted by Crippen LogP contribution is -2.28. The van der Waals surface area contributed by atoms with E-state index in [1.807, 2.05) is 42.5 Å². The number of hydrogen-bond acceptors (Lipinski definition) is 3. The predicted molar refractivity (Wildman–Crippen MR) is 78.0 cm³/mol. The summed E-state index contributed by atoms with van der Waals surface area (Å²) >= 11 is 4.25. The highest BCUT2D eigenvalue weighted by Gasteiger charge is 2.07. The van der Waals surface area contributed by atoms with Gasteiger partial charge in [-0.25, -0.2) is 0 Å². The first-order chi connectivity index (χ1) is 9.27. The van der Waals surface area contributed by atoms with Gasteiger partial charge in [0.15, 0.2) is 0 Å². The van der Waals surface area contributed by atoms with Crippen LogP contribution in [0, 0.1) is 0 Å². The summed E-state index contributed by atoms with van der Waals surface area (Å²) in [5.74, 6) is 0.661. The SMILES string of the molecule is O=C(NCCOc1ccccc1)c1ccccc1S. The number of carbonyl (C=O) groups is 1. The van der Waals surface area contributed by atoms with Crippen LogP contribution in [0.15, 0.2) is 59.5 Å². The fraction of sp³-hybridized carbons (Fsp3) is 0.133. The average Bonchev–Trinajstić information content (AvgIpc) is 2.45. The molecule has 0 saturated heterocycles. The number of ether oxygens (including phenoxy) is 1. The van der Waals surface area contributed by atoms with Gasteiger partial charge in [-0.05, 0) is 24.3 Å². The third kappa shape index (κ3) is 4.03. The first-order valence-corrected chi connectivity index (χ1v) is 6.46. The van der Waals surface area contributed by atoms with Crippen molar-refractivity contribution in [2.75, 3.05) is 13.2 Å². The van der Waals surface area contributed by atoms with Crippen molar-refractivity contribution in [2.45, 2.75) is 4.90 Å². The predicted octanol–water partition coefficient (Wildman–Crippen LogP) is 2.78. The monoisotopic (exact) mass is 273 g/mol. The number of hydrogen-bond donors (Lipinski definition) is 2. The quantitative estimate of drug-likeness (QED) is 0.649. The number of para-hydroxylation sites is 1. The Balaban J connectivity index is 1.77. The second kappa shape index (κ2) is 6.85. The first-order valence-electron chi connectivity index (χ1n) is 6.01. The van der Waals surface area contributed by atoms with E-state index >= 15 is 0 Å². The molecule has 0 fully saturated rings. The van der Waals surface area contributed by atoms with E-state index in [0.717, 1.165) is 5.75 Å². The molecule has 4 heteroatoms. The summed E-state index contributed by atoms with van der Waals surface area (Å²) in [6.45, 7) is 0.889. The molecule has 3 nitrogen and oxygen atoms in total. The minimum atomic E-state index is -0.137. The fourth-order valence-corrected chi connectivity index (χ4v) is 1.87. The lowest BCUT2D eigenvalue weighted by Gasteiger charge is -2.08. The van der Waals surface area contributed by atoms with E-state index in [2.05, 4.69) is 17.9 Å². The molecule has 98 valence electrons. The highest BCUT2D eigenvalue weighted by molar-refractivity contribution is 7.80. The van der Waals surface area contributed by atoms with Crippen molar-refractivity contribution in [2.24, 2.45) is 0 Å². The van der Waals surface area contributed by atoms with Crippen molar-refractivity contribution in [1.29, 1.82) is 0 Å². The average molecular weight is 273 g/mol. The minimum Gasteiger partial charge on any atom is -0.492 e. The lowest BCUT2D eigenvalue weighted by atomic mass is 10.2. The van der Waals surface area contributed by atoms with Gasteiger partial charge in [0.1, 0.15) is 12.4 Å². The van der Waals surface area contributed by atoms with Crippen LogP contribution < -0.4 is 10.1 Å². The van der Waals surface area contributed by atoms with Gasteiger partial charge in [0.05, 0.1) is 12.1 Å². The largest absolute Gasteiger partial charge is 0.492 e. The molecule has 0 aliphatic rings. The Kier molecular flexibility index (Phi) is 4.86. The van der Waals surface area contributed by atoms with Crippen LogP contribution in [-0.2, 0) is 0 Å². The summed E-state index contributed by atoms with van der Waals surface area (Å²) in [6.07, 6.45) is 0. The normalized spacial score (nSPS) is 9.95. The molecule has 1 amide bonds. The molecule has 2 aromatic carbocycles. The van der Waals surface area contributed by atoms with Gasteiger partial charge in [-0.1, -0.05) is 30.3 Å². The zero-order chi connectivity index (χ0) is 13.5. The Morgan fingerprint density at radius 3 is 2.47 bits per heavy atom. The van der Waals surface area contributed by atoms with Gasteiger partial charge < -0.3 is 10.1 Å². The molecule has 0 heterocycles. The number of thiol groups is 1. The van der Waals surface area contributed by atoms with E-state index in [0.29, 0.717) is 23.6 Å². The second-order valence-electron chi connectivity index (χ2n) is 3.93. The lowest BCUT2D eigenvalue weighted by molar-refractivity contribution is 0.0944. The van der Waals surface area contributed by atoms with Crippen molar-refractivity contribution < 1.29 is 9.53 Å². The number of nitrogens with one attached hydrogen (secondary N) is 1. The van der Waals surface area contributed by atoms with Crippen molar-refractivity contribution in [1.82, 2.24) is 5.32 Å². The molecule has 0 aliphatic carbocycles. The topological polar surface area (TPSA) is 38.3 Å². The molecule has 19 heavy (non-hydrogen) atoms. The summed E-state index contributed by atoms with van der Waals surface area (Å²) in [7, 11) is 0. The van der Waals surface area contributed by atoms with Gasteiger partial charge in [0, 0.05) is 4.90 Å². The Hall–Kier alpha value is -1.94. The number of benzene rings is 2. The molecule has 0 unspecified atom stereocenters. The van der Waals surface area contributed by atoms with E-state index in [4.69, 9.17) is 4.74 Å². The van der Waals surface area contributed by atoms with Gasteiger partial charge >= 0.3 is 0 Å². The molecule has 0 atom stereocenters. The summed E-state index contributed by atoms with van der Waals surface area (Å²) in [5.41, 5.74) is 0.575. The smallest absolute Gasteiger partial charge is 0.252 e. The Labute approximate surface area is 118 Å². The van der Waals surface area contributed by atoms with E-state index < -0.39 is 0 Å². The molecule has 0 radical (unpaired) electrons. The molecule has 0 spiro atoms. The van der Waals surface area contributed by atoms with Crippen LogP contribution in [-0.4, -0.2) is 19.1 Å². The zero-order valence-corrected chi connectivity index (χ0v) is 11.3. The Bertz CT molecular complexity index is 543. The van der Waals surface area contributed by atoms with Gasteiger partial charge in [0.25, 0.3) is 5.91 Å². The standard InChI is InChI=1S/C15H15NO2S/c17-15(13-8-4-5-9-14(13)19)16-10-11-18-12-6-2-1-3-7-12/h1-9,19H,10-11H2,(H,16,17).